The summed E-state index contributed by atoms with van der Waals surface area (Å²) < 4.78 is 4.74. The van der Waals surface area contributed by atoms with Gasteiger partial charge in [-0.25, -0.2) is 4.79 Å². The second-order valence-electron chi connectivity index (χ2n) is 4.30. The Hall–Kier alpha value is -1.84. The Labute approximate surface area is 121 Å². The van der Waals surface area contributed by atoms with Crippen molar-refractivity contribution in [3.63, 3.8) is 0 Å². The molecule has 1 saturated heterocycles. The van der Waals surface area contributed by atoms with Gasteiger partial charge in [0.15, 0.2) is 0 Å². The molecule has 1 atom stereocenters. The van der Waals surface area contributed by atoms with Crippen LogP contribution < -0.4 is 0 Å². The van der Waals surface area contributed by atoms with E-state index in [-0.39, 0.29) is 18.5 Å². The zero-order valence-electron chi connectivity index (χ0n) is 11.1. The number of likely N-dealkylation sites (tertiary alicyclic amines) is 1. The van der Waals surface area contributed by atoms with Crippen LogP contribution in [-0.4, -0.2) is 48.2 Å². The summed E-state index contributed by atoms with van der Waals surface area (Å²) in [6.45, 7) is 0.293. The van der Waals surface area contributed by atoms with Crippen molar-refractivity contribution in [2.75, 3.05) is 20.3 Å². The van der Waals surface area contributed by atoms with Crippen LogP contribution in [-0.2, 0) is 9.53 Å². The Balaban J connectivity index is 2.23. The van der Waals surface area contributed by atoms with E-state index < -0.39 is 6.04 Å². The fourth-order valence-corrected chi connectivity index (χ4v) is 3.03. The highest BCUT2D eigenvalue weighted by Crippen LogP contribution is 2.25. The number of hydrogen-bond acceptors (Lipinski definition) is 5. The van der Waals surface area contributed by atoms with Crippen LogP contribution in [0.1, 0.15) is 28.1 Å². The maximum Gasteiger partial charge on any atom is 0.328 e. The van der Waals surface area contributed by atoms with Gasteiger partial charge in [-0.15, -0.1) is 11.3 Å². The highest BCUT2D eigenvalue weighted by atomic mass is 32.1. The van der Waals surface area contributed by atoms with Gasteiger partial charge in [0.05, 0.1) is 7.11 Å². The Bertz CT molecular complexity index is 569. The summed E-state index contributed by atoms with van der Waals surface area (Å²) in [7, 11) is 1.33. The summed E-state index contributed by atoms with van der Waals surface area (Å²) in [6, 6.07) is 1.23. The minimum atomic E-state index is -0.506. The molecule has 106 valence electrons. The Morgan fingerprint density at radius 1 is 1.60 bits per heavy atom. The topological polar surface area (TPSA) is 66.8 Å². The molecule has 5 nitrogen and oxygen atoms in total. The predicted molar refractivity (Wildman–Crippen MR) is 74.4 cm³/mol. The Kier molecular flexibility index (Phi) is 4.77. The molecular weight excluding hydrogens is 278 g/mol. The van der Waals surface area contributed by atoms with Crippen LogP contribution in [0.15, 0.2) is 11.4 Å². The highest BCUT2D eigenvalue weighted by Gasteiger charge is 2.36. The number of rotatable bonds is 2. The standard InChI is InChI=1S/C14H15NO4S/c1-19-14(18)11-5-2-7-15(11)13(17)12-10(4-3-8-16)6-9-20-12/h6,9,11,16H,2,5,7-8H2,1H3. The highest BCUT2D eigenvalue weighted by molar-refractivity contribution is 7.12. The van der Waals surface area contributed by atoms with Crippen molar-refractivity contribution in [1.29, 1.82) is 0 Å². The lowest BCUT2D eigenvalue weighted by molar-refractivity contribution is -0.145. The van der Waals surface area contributed by atoms with E-state index in [2.05, 4.69) is 11.8 Å². The fraction of sp³-hybridized carbons (Fsp3) is 0.429. The number of carbonyl (C=O) groups excluding carboxylic acids is 2. The van der Waals surface area contributed by atoms with Crippen LogP contribution >= 0.6 is 11.3 Å². The largest absolute Gasteiger partial charge is 0.467 e. The van der Waals surface area contributed by atoms with Crippen LogP contribution in [0.25, 0.3) is 0 Å². The van der Waals surface area contributed by atoms with Crippen molar-refractivity contribution in [3.8, 4) is 11.8 Å². The first kappa shape index (κ1) is 14.6. The lowest BCUT2D eigenvalue weighted by Gasteiger charge is -2.22. The number of carbonyl (C=O) groups is 2. The maximum absolute atomic E-state index is 12.5. The third kappa shape index (κ3) is 2.84. The third-order valence-corrected chi connectivity index (χ3v) is 4.05. The monoisotopic (exact) mass is 293 g/mol. The minimum absolute atomic E-state index is 0.199. The number of amides is 1. The quantitative estimate of drug-likeness (QED) is 0.649. The minimum Gasteiger partial charge on any atom is -0.467 e. The molecule has 0 spiro atoms. The van der Waals surface area contributed by atoms with Crippen LogP contribution in [0.3, 0.4) is 0 Å². The van der Waals surface area contributed by atoms with E-state index in [0.29, 0.717) is 23.4 Å². The molecule has 1 aromatic rings. The van der Waals surface area contributed by atoms with Gasteiger partial charge in [-0.2, -0.15) is 0 Å². The van der Waals surface area contributed by atoms with Crippen molar-refractivity contribution in [3.05, 3.63) is 21.9 Å². The van der Waals surface area contributed by atoms with Crippen LogP contribution in [0.5, 0.6) is 0 Å². The van der Waals surface area contributed by atoms with Crippen molar-refractivity contribution in [2.45, 2.75) is 18.9 Å². The van der Waals surface area contributed by atoms with Gasteiger partial charge < -0.3 is 14.7 Å². The normalized spacial score (nSPS) is 17.5. The van der Waals surface area contributed by atoms with Crippen LogP contribution in [0.2, 0.25) is 0 Å². The molecular formula is C14H15NO4S. The molecule has 1 fully saturated rings. The first-order valence-electron chi connectivity index (χ1n) is 6.25. The van der Waals surface area contributed by atoms with E-state index in [1.165, 1.54) is 18.4 Å². The van der Waals surface area contributed by atoms with Crippen molar-refractivity contribution in [2.24, 2.45) is 0 Å². The molecule has 20 heavy (non-hydrogen) atoms. The van der Waals surface area contributed by atoms with Gasteiger partial charge >= 0.3 is 5.97 Å². The zero-order chi connectivity index (χ0) is 14.5. The van der Waals surface area contributed by atoms with Gasteiger partial charge in [-0.05, 0) is 24.3 Å². The smallest absolute Gasteiger partial charge is 0.328 e. The molecule has 0 aromatic carbocycles. The number of aliphatic hydroxyl groups is 1. The van der Waals surface area contributed by atoms with Gasteiger partial charge in [0.1, 0.15) is 17.5 Å². The number of hydrogen-bond donors (Lipinski definition) is 1. The summed E-state index contributed by atoms with van der Waals surface area (Å²) in [4.78, 5) is 26.2. The van der Waals surface area contributed by atoms with E-state index in [9.17, 15) is 9.59 Å². The molecule has 0 radical (unpaired) electrons. The van der Waals surface area contributed by atoms with Crippen LogP contribution in [0.4, 0.5) is 0 Å². The number of thiophene rings is 1. The molecule has 1 amide bonds. The summed E-state index contributed by atoms with van der Waals surface area (Å²) in [5.41, 5.74) is 0.588. The number of ether oxygens (including phenoxy) is 1. The second kappa shape index (κ2) is 6.55. The molecule has 6 heteroatoms. The maximum atomic E-state index is 12.5. The number of nitrogens with zero attached hydrogens (tertiary/aromatic N) is 1. The molecule has 1 N–H and O–H groups in total. The average Bonchev–Trinajstić information content (AvgIpc) is 3.12. The van der Waals surface area contributed by atoms with Crippen LogP contribution in [0, 0.1) is 11.8 Å². The van der Waals surface area contributed by atoms with Crippen molar-refractivity contribution >= 4 is 23.2 Å². The van der Waals surface area contributed by atoms with Gasteiger partial charge in [-0.3, -0.25) is 4.79 Å². The number of methoxy groups -OCH3 is 1. The molecule has 2 rings (SSSR count). The van der Waals surface area contributed by atoms with E-state index in [1.54, 1.807) is 16.3 Å². The second-order valence-corrected chi connectivity index (χ2v) is 5.22. The lowest BCUT2D eigenvalue weighted by Crippen LogP contribution is -2.41. The molecule has 0 aliphatic carbocycles. The predicted octanol–water partition coefficient (Wildman–Crippen LogP) is 0.869. The van der Waals surface area contributed by atoms with Crippen molar-refractivity contribution in [1.82, 2.24) is 4.90 Å². The Morgan fingerprint density at radius 3 is 3.10 bits per heavy atom. The third-order valence-electron chi connectivity index (χ3n) is 3.15. The summed E-state index contributed by atoms with van der Waals surface area (Å²) in [5.74, 6) is 4.71. The summed E-state index contributed by atoms with van der Waals surface area (Å²) in [5, 5.41) is 10.5. The first-order chi connectivity index (χ1) is 9.69. The molecule has 1 aliphatic heterocycles. The first-order valence-corrected chi connectivity index (χ1v) is 7.13. The van der Waals surface area contributed by atoms with E-state index in [4.69, 9.17) is 9.84 Å². The van der Waals surface area contributed by atoms with E-state index in [0.717, 1.165) is 6.42 Å². The molecule has 2 heterocycles. The SMILES string of the molecule is COC(=O)C1CCCN1C(=O)c1sccc1C#CCO. The number of esters is 1. The van der Waals surface area contributed by atoms with Crippen molar-refractivity contribution < 1.29 is 19.4 Å². The molecule has 1 aromatic heterocycles. The van der Waals surface area contributed by atoms with Gasteiger partial charge in [0.2, 0.25) is 0 Å². The molecule has 1 aliphatic rings. The molecule has 1 unspecified atom stereocenters. The molecule has 0 bridgehead atoms. The summed E-state index contributed by atoms with van der Waals surface area (Å²) in [6.07, 6.45) is 1.41. The Morgan fingerprint density at radius 2 is 2.40 bits per heavy atom. The number of aliphatic hydroxyl groups excluding tert-OH is 1. The lowest BCUT2D eigenvalue weighted by atomic mass is 10.2. The van der Waals surface area contributed by atoms with Gasteiger partial charge in [-0.1, -0.05) is 11.8 Å². The van der Waals surface area contributed by atoms with E-state index in [1.807, 2.05) is 0 Å². The molecule has 0 saturated carbocycles. The van der Waals surface area contributed by atoms with Gasteiger partial charge in [0.25, 0.3) is 5.91 Å². The zero-order valence-corrected chi connectivity index (χ0v) is 11.9. The van der Waals surface area contributed by atoms with E-state index >= 15 is 0 Å². The summed E-state index contributed by atoms with van der Waals surface area (Å²) >= 11 is 1.29. The van der Waals surface area contributed by atoms with Gasteiger partial charge in [0, 0.05) is 12.1 Å². The average molecular weight is 293 g/mol. The fourth-order valence-electron chi connectivity index (χ4n) is 2.23.